The van der Waals surface area contributed by atoms with E-state index in [1.807, 2.05) is 6.92 Å². The van der Waals surface area contributed by atoms with E-state index in [2.05, 4.69) is 0 Å². The average Bonchev–Trinajstić information content (AvgIpc) is 2.35. The standard InChI is InChI=1S/C12H17NO3/c1-4-10(14)8-5-9(7-13)12(16-3)11(6-8)15-2/h5-6H,4,7,13H2,1-3H3. The number of methoxy groups -OCH3 is 2. The molecule has 0 heterocycles. The van der Waals surface area contributed by atoms with Crippen molar-refractivity contribution in [1.29, 1.82) is 0 Å². The van der Waals surface area contributed by atoms with Crippen LogP contribution in [0.25, 0.3) is 0 Å². The predicted molar refractivity (Wildman–Crippen MR) is 62.1 cm³/mol. The molecule has 0 aliphatic carbocycles. The Morgan fingerprint density at radius 3 is 2.44 bits per heavy atom. The Hall–Kier alpha value is -1.55. The van der Waals surface area contributed by atoms with Gasteiger partial charge in [-0.15, -0.1) is 0 Å². The molecule has 2 N–H and O–H groups in total. The van der Waals surface area contributed by atoms with Crippen LogP contribution in [0, 0.1) is 0 Å². The molecule has 0 radical (unpaired) electrons. The number of nitrogens with two attached hydrogens (primary N) is 1. The van der Waals surface area contributed by atoms with Gasteiger partial charge in [-0.2, -0.15) is 0 Å². The molecule has 0 spiro atoms. The lowest BCUT2D eigenvalue weighted by Crippen LogP contribution is -2.05. The molecule has 0 bridgehead atoms. The molecule has 0 amide bonds. The number of Topliss-reactive ketones (excluding diaryl/α,β-unsaturated/α-hetero) is 1. The molecule has 0 saturated heterocycles. The van der Waals surface area contributed by atoms with Crippen molar-refractivity contribution in [2.75, 3.05) is 14.2 Å². The minimum Gasteiger partial charge on any atom is -0.493 e. The molecule has 0 unspecified atom stereocenters. The van der Waals surface area contributed by atoms with Gasteiger partial charge in [-0.25, -0.2) is 0 Å². The van der Waals surface area contributed by atoms with Gasteiger partial charge in [-0.05, 0) is 12.1 Å². The summed E-state index contributed by atoms with van der Waals surface area (Å²) in [5, 5.41) is 0. The number of ketones is 1. The second-order valence-corrected chi connectivity index (χ2v) is 3.35. The second-order valence-electron chi connectivity index (χ2n) is 3.35. The van der Waals surface area contributed by atoms with Crippen molar-refractivity contribution in [3.8, 4) is 11.5 Å². The first-order valence-electron chi connectivity index (χ1n) is 5.16. The number of carbonyl (C=O) groups is 1. The molecule has 0 saturated carbocycles. The van der Waals surface area contributed by atoms with Crippen molar-refractivity contribution < 1.29 is 14.3 Å². The first-order valence-corrected chi connectivity index (χ1v) is 5.16. The third-order valence-corrected chi connectivity index (χ3v) is 2.42. The van der Waals surface area contributed by atoms with E-state index in [1.54, 1.807) is 26.4 Å². The van der Waals surface area contributed by atoms with E-state index in [9.17, 15) is 4.79 Å². The lowest BCUT2D eigenvalue weighted by atomic mass is 10.0. The Morgan fingerprint density at radius 2 is 2.00 bits per heavy atom. The fourth-order valence-corrected chi connectivity index (χ4v) is 1.56. The van der Waals surface area contributed by atoms with Gasteiger partial charge < -0.3 is 15.2 Å². The largest absolute Gasteiger partial charge is 0.493 e. The highest BCUT2D eigenvalue weighted by atomic mass is 16.5. The summed E-state index contributed by atoms with van der Waals surface area (Å²) in [6.45, 7) is 2.13. The Morgan fingerprint density at radius 1 is 1.31 bits per heavy atom. The molecule has 88 valence electrons. The summed E-state index contributed by atoms with van der Waals surface area (Å²) in [6.07, 6.45) is 0.458. The van der Waals surface area contributed by atoms with Crippen LogP contribution in [0.4, 0.5) is 0 Å². The molecule has 1 aromatic carbocycles. The minimum absolute atomic E-state index is 0.0654. The summed E-state index contributed by atoms with van der Waals surface area (Å²) in [7, 11) is 3.09. The molecule has 1 rings (SSSR count). The summed E-state index contributed by atoms with van der Waals surface area (Å²) in [5.41, 5.74) is 7.00. The van der Waals surface area contributed by atoms with Crippen LogP contribution in [0.3, 0.4) is 0 Å². The third-order valence-electron chi connectivity index (χ3n) is 2.42. The Bertz CT molecular complexity index is 363. The fraction of sp³-hybridized carbons (Fsp3) is 0.417. The van der Waals surface area contributed by atoms with Crippen LogP contribution in [0.15, 0.2) is 12.1 Å². The number of hydrogen-bond donors (Lipinski definition) is 1. The van der Waals surface area contributed by atoms with Gasteiger partial charge in [0, 0.05) is 24.1 Å². The van der Waals surface area contributed by atoms with Crippen LogP contribution in [0.5, 0.6) is 11.5 Å². The zero-order valence-corrected chi connectivity index (χ0v) is 9.87. The molecule has 1 aromatic rings. The quantitative estimate of drug-likeness (QED) is 0.772. The highest BCUT2D eigenvalue weighted by Gasteiger charge is 2.14. The van der Waals surface area contributed by atoms with Crippen LogP contribution in [0.1, 0.15) is 29.3 Å². The van der Waals surface area contributed by atoms with E-state index in [4.69, 9.17) is 15.2 Å². The lowest BCUT2D eigenvalue weighted by molar-refractivity contribution is 0.0987. The van der Waals surface area contributed by atoms with E-state index in [1.165, 1.54) is 0 Å². The zero-order valence-electron chi connectivity index (χ0n) is 9.87. The number of ether oxygens (including phenoxy) is 2. The van der Waals surface area contributed by atoms with Gasteiger partial charge in [0.25, 0.3) is 0 Å². The van der Waals surface area contributed by atoms with Crippen LogP contribution < -0.4 is 15.2 Å². The number of hydrogen-bond acceptors (Lipinski definition) is 4. The lowest BCUT2D eigenvalue weighted by Gasteiger charge is -2.13. The highest BCUT2D eigenvalue weighted by molar-refractivity contribution is 5.96. The van der Waals surface area contributed by atoms with Crippen molar-refractivity contribution in [2.24, 2.45) is 5.73 Å². The molecule has 16 heavy (non-hydrogen) atoms. The summed E-state index contributed by atoms with van der Waals surface area (Å²) in [6, 6.07) is 3.44. The number of carbonyl (C=O) groups excluding carboxylic acids is 1. The summed E-state index contributed by atoms with van der Waals surface area (Å²) in [4.78, 5) is 11.6. The van der Waals surface area contributed by atoms with Gasteiger partial charge in [0.1, 0.15) is 0 Å². The molecule has 4 nitrogen and oxygen atoms in total. The summed E-state index contributed by atoms with van der Waals surface area (Å²) < 4.78 is 10.4. The molecule has 0 aliphatic rings. The number of rotatable bonds is 5. The first kappa shape index (κ1) is 12.5. The molecular formula is C12H17NO3. The summed E-state index contributed by atoms with van der Waals surface area (Å²) >= 11 is 0. The maximum absolute atomic E-state index is 11.6. The smallest absolute Gasteiger partial charge is 0.165 e. The summed E-state index contributed by atoms with van der Waals surface area (Å²) in [5.74, 6) is 1.20. The van der Waals surface area contributed by atoms with Gasteiger partial charge in [-0.3, -0.25) is 4.79 Å². The molecular weight excluding hydrogens is 206 g/mol. The van der Waals surface area contributed by atoms with Gasteiger partial charge in [0.2, 0.25) is 0 Å². The molecule has 0 aromatic heterocycles. The fourth-order valence-electron chi connectivity index (χ4n) is 1.56. The van der Waals surface area contributed by atoms with E-state index in [0.29, 0.717) is 30.0 Å². The zero-order chi connectivity index (χ0) is 12.1. The average molecular weight is 223 g/mol. The van der Waals surface area contributed by atoms with Crippen molar-refractivity contribution in [3.05, 3.63) is 23.3 Å². The van der Waals surface area contributed by atoms with E-state index in [-0.39, 0.29) is 5.78 Å². The van der Waals surface area contributed by atoms with E-state index in [0.717, 1.165) is 5.56 Å². The SMILES string of the molecule is CCC(=O)c1cc(CN)c(OC)c(OC)c1. The van der Waals surface area contributed by atoms with Crippen LogP contribution in [-0.4, -0.2) is 20.0 Å². The van der Waals surface area contributed by atoms with Crippen molar-refractivity contribution >= 4 is 5.78 Å². The highest BCUT2D eigenvalue weighted by Crippen LogP contribution is 2.32. The van der Waals surface area contributed by atoms with Crippen LogP contribution in [-0.2, 0) is 6.54 Å². The Labute approximate surface area is 95.3 Å². The van der Waals surface area contributed by atoms with Crippen molar-refractivity contribution in [1.82, 2.24) is 0 Å². The van der Waals surface area contributed by atoms with Crippen LogP contribution >= 0.6 is 0 Å². The monoisotopic (exact) mass is 223 g/mol. The van der Waals surface area contributed by atoms with E-state index < -0.39 is 0 Å². The number of benzene rings is 1. The van der Waals surface area contributed by atoms with E-state index >= 15 is 0 Å². The van der Waals surface area contributed by atoms with Gasteiger partial charge >= 0.3 is 0 Å². The molecule has 0 atom stereocenters. The van der Waals surface area contributed by atoms with Crippen LogP contribution in [0.2, 0.25) is 0 Å². The van der Waals surface area contributed by atoms with Gasteiger partial charge in [0.15, 0.2) is 17.3 Å². The van der Waals surface area contributed by atoms with Crippen molar-refractivity contribution in [2.45, 2.75) is 19.9 Å². The van der Waals surface area contributed by atoms with Gasteiger partial charge in [0.05, 0.1) is 14.2 Å². The first-order chi connectivity index (χ1) is 7.67. The normalized spacial score (nSPS) is 10.0. The maximum Gasteiger partial charge on any atom is 0.165 e. The second kappa shape index (κ2) is 5.51. The van der Waals surface area contributed by atoms with Gasteiger partial charge in [-0.1, -0.05) is 6.92 Å². The third kappa shape index (κ3) is 2.33. The predicted octanol–water partition coefficient (Wildman–Crippen LogP) is 1.76. The topological polar surface area (TPSA) is 61.6 Å². The molecule has 4 heteroatoms. The maximum atomic E-state index is 11.6. The molecule has 0 fully saturated rings. The van der Waals surface area contributed by atoms with Crippen molar-refractivity contribution in [3.63, 3.8) is 0 Å². The Kier molecular flexibility index (Phi) is 4.31. The minimum atomic E-state index is 0.0654. The molecule has 0 aliphatic heterocycles. The Balaban J connectivity index is 3.31.